The van der Waals surface area contributed by atoms with Crippen molar-refractivity contribution in [1.82, 2.24) is 0 Å². The second-order valence-corrected chi connectivity index (χ2v) is 44.5. The first-order chi connectivity index (χ1) is 3.96. The molecule has 0 aromatic carbocycles. The first-order valence-electron chi connectivity index (χ1n) is 2.64. The molecule has 0 bridgehead atoms. The Morgan fingerprint density at radius 2 is 1.30 bits per heavy atom. The maximum absolute atomic E-state index is 5.76. The number of hydrogen-bond donors (Lipinski definition) is 0. The Hall–Kier alpha value is 1.94. The van der Waals surface area contributed by atoms with Gasteiger partial charge in [-0.15, -0.1) is 0 Å². The average Bonchev–Trinajstić information content (AvgIpc) is 1.09. The zero-order chi connectivity index (χ0) is 8.65. The summed E-state index contributed by atoms with van der Waals surface area (Å²) in [5.41, 5.74) is 0. The fourth-order valence-corrected chi connectivity index (χ4v) is 39.4. The van der Waals surface area contributed by atoms with Gasteiger partial charge in [-0.05, 0) is 0 Å². The summed E-state index contributed by atoms with van der Waals surface area (Å²) in [6, 6.07) is 0. The van der Waals surface area contributed by atoms with E-state index in [1.807, 2.05) is 0 Å². The van der Waals surface area contributed by atoms with Gasteiger partial charge < -0.3 is 0 Å². The summed E-state index contributed by atoms with van der Waals surface area (Å²) in [5, 5.41) is 0. The first-order valence-corrected chi connectivity index (χ1v) is 22.5. The van der Waals surface area contributed by atoms with Crippen molar-refractivity contribution in [2.45, 2.75) is 19.6 Å². The SMILES string of the molecule is C[Si](C)(C)[CH]=[W]([Cl])([Cl])([Cl])[Cl]. The second-order valence-electron chi connectivity index (χ2n) is 3.19. The van der Waals surface area contributed by atoms with E-state index in [2.05, 4.69) is 19.6 Å². The van der Waals surface area contributed by atoms with Crippen molar-refractivity contribution in [3.63, 3.8) is 0 Å². The molecule has 0 N–H and O–H groups in total. The van der Waals surface area contributed by atoms with Crippen LogP contribution in [0.15, 0.2) is 0 Å². The molecule has 0 rings (SSSR count). The van der Waals surface area contributed by atoms with Crippen molar-refractivity contribution < 1.29 is 10.2 Å². The number of halogens is 4. The van der Waals surface area contributed by atoms with E-state index in [4.69, 9.17) is 37.7 Å². The number of hydrogen-bond acceptors (Lipinski definition) is 0. The summed E-state index contributed by atoms with van der Waals surface area (Å²) in [4.78, 5) is 0. The molecule has 0 saturated heterocycles. The monoisotopic (exact) mass is 410 g/mol. The van der Waals surface area contributed by atoms with E-state index in [9.17, 15) is 0 Å². The van der Waals surface area contributed by atoms with Crippen molar-refractivity contribution >= 4 is 49.8 Å². The molecule has 0 atom stereocenters. The molecule has 0 spiro atoms. The van der Waals surface area contributed by atoms with Gasteiger partial charge in [0.1, 0.15) is 0 Å². The molecule has 0 fully saturated rings. The fourth-order valence-electron chi connectivity index (χ4n) is 0.535. The van der Waals surface area contributed by atoms with Gasteiger partial charge in [0.05, 0.1) is 0 Å². The Morgan fingerprint density at radius 3 is 1.30 bits per heavy atom. The summed E-state index contributed by atoms with van der Waals surface area (Å²) >= 11 is 0. The third-order valence-electron chi connectivity index (χ3n) is 0.532. The molecule has 0 amide bonds. The zero-order valence-electron chi connectivity index (χ0n) is 6.00. The van der Waals surface area contributed by atoms with Crippen molar-refractivity contribution in [3.8, 4) is 0 Å². The predicted molar refractivity (Wildman–Crippen MR) is 52.8 cm³/mol. The summed E-state index contributed by atoms with van der Waals surface area (Å²) in [6.07, 6.45) is 0. The second kappa shape index (κ2) is 3.01. The average molecular weight is 412 g/mol. The summed E-state index contributed by atoms with van der Waals surface area (Å²) in [6.45, 7) is 6.28. The van der Waals surface area contributed by atoms with Crippen LogP contribution in [0, 0.1) is 0 Å². The van der Waals surface area contributed by atoms with Crippen LogP contribution >= 0.6 is 37.7 Å². The Labute approximate surface area is 78.9 Å². The maximum atomic E-state index is 5.76. The van der Waals surface area contributed by atoms with E-state index in [-0.39, 0.29) is 0 Å². The normalized spacial score (nSPS) is 17.7. The van der Waals surface area contributed by atoms with Crippen LogP contribution in [0.5, 0.6) is 0 Å². The van der Waals surface area contributed by atoms with Crippen LogP contribution in [0.3, 0.4) is 0 Å². The van der Waals surface area contributed by atoms with Crippen molar-refractivity contribution in [2.75, 3.05) is 0 Å². The van der Waals surface area contributed by atoms with Crippen LogP contribution in [-0.4, -0.2) is 12.1 Å². The van der Waals surface area contributed by atoms with Gasteiger partial charge in [0, 0.05) is 0 Å². The van der Waals surface area contributed by atoms with E-state index in [1.54, 1.807) is 4.02 Å². The van der Waals surface area contributed by atoms with Gasteiger partial charge >= 0.3 is 79.6 Å². The quantitative estimate of drug-likeness (QED) is 0.573. The molecule has 0 aromatic heterocycles. The topological polar surface area (TPSA) is 0 Å². The van der Waals surface area contributed by atoms with Crippen LogP contribution in [0.1, 0.15) is 0 Å². The molecule has 0 unspecified atom stereocenters. The molecule has 64 valence electrons. The molecule has 0 aliphatic carbocycles. The Balaban J connectivity index is 4.82. The van der Waals surface area contributed by atoms with Crippen LogP contribution < -0.4 is 0 Å². The van der Waals surface area contributed by atoms with E-state index in [0.717, 1.165) is 0 Å². The van der Waals surface area contributed by atoms with Crippen LogP contribution in [0.2, 0.25) is 19.6 Å². The van der Waals surface area contributed by atoms with Crippen LogP contribution in [-0.2, 0) is 10.2 Å². The van der Waals surface area contributed by atoms with Gasteiger partial charge in [-0.25, -0.2) is 0 Å². The molecular weight excluding hydrogens is 402 g/mol. The molecule has 0 aliphatic rings. The molecule has 0 aromatic rings. The molecule has 0 nitrogen and oxygen atoms in total. The molecule has 6 heteroatoms. The van der Waals surface area contributed by atoms with Gasteiger partial charge in [0.25, 0.3) is 0 Å². The summed E-state index contributed by atoms with van der Waals surface area (Å²) < 4.78 is 1.80. The molecular formula is C4H10Cl4SiW. The number of rotatable bonds is 1. The standard InChI is InChI=1S/C4H10Si.4ClH.W/c1-5(2,3)4;;;;;/h1H,2-4H3;4*1H;/q;;;;;+4/p-4. The first kappa shape index (κ1) is 11.9. The Kier molecular flexibility index (Phi) is 3.59. The minimum absolute atomic E-state index is 1.43. The van der Waals surface area contributed by atoms with E-state index in [1.165, 1.54) is 0 Å². The third-order valence-corrected chi connectivity index (χ3v) is 21.8. The molecule has 10 heavy (non-hydrogen) atoms. The third kappa shape index (κ3) is 9.94. The van der Waals surface area contributed by atoms with E-state index < -0.39 is 18.3 Å². The molecule has 0 saturated carbocycles. The van der Waals surface area contributed by atoms with E-state index in [0.29, 0.717) is 0 Å². The molecule has 0 heterocycles. The Morgan fingerprint density at radius 1 is 1.00 bits per heavy atom. The molecule has 0 radical (unpaired) electrons. The van der Waals surface area contributed by atoms with Gasteiger partial charge in [0.15, 0.2) is 0 Å². The minimum atomic E-state index is -4.21. The van der Waals surface area contributed by atoms with Crippen molar-refractivity contribution in [3.05, 3.63) is 0 Å². The van der Waals surface area contributed by atoms with Crippen molar-refractivity contribution in [2.24, 2.45) is 0 Å². The van der Waals surface area contributed by atoms with Crippen LogP contribution in [0.4, 0.5) is 0 Å². The van der Waals surface area contributed by atoms with Gasteiger partial charge in [-0.2, -0.15) is 0 Å². The summed E-state index contributed by atoms with van der Waals surface area (Å²) in [5.74, 6) is 0. The van der Waals surface area contributed by atoms with Crippen LogP contribution in [0.25, 0.3) is 0 Å². The predicted octanol–water partition coefficient (Wildman–Crippen LogP) is 3.97. The fraction of sp³-hybridized carbons (Fsp3) is 0.750. The van der Waals surface area contributed by atoms with Gasteiger partial charge in [0.2, 0.25) is 0 Å². The van der Waals surface area contributed by atoms with Gasteiger partial charge in [-0.1, -0.05) is 0 Å². The zero-order valence-corrected chi connectivity index (χ0v) is 13.0. The molecule has 0 aliphatic heterocycles. The summed E-state index contributed by atoms with van der Waals surface area (Å²) in [7, 11) is 17.4. The van der Waals surface area contributed by atoms with Crippen molar-refractivity contribution in [1.29, 1.82) is 0 Å². The van der Waals surface area contributed by atoms with Gasteiger partial charge in [-0.3, -0.25) is 0 Å². The Bertz CT molecular complexity index is 174. The van der Waals surface area contributed by atoms with E-state index >= 15 is 0 Å².